The first-order valence-electron chi connectivity index (χ1n) is 12.8. The van der Waals surface area contributed by atoms with Crippen LogP contribution < -0.4 is 0 Å². The van der Waals surface area contributed by atoms with Gasteiger partial charge in [-0.05, 0) is 30.9 Å². The topological polar surface area (TPSA) is 138 Å². The van der Waals surface area contributed by atoms with Crippen molar-refractivity contribution < 1.29 is 29.3 Å². The maximum atomic E-state index is 14.4. The molecule has 37 heavy (non-hydrogen) atoms. The van der Waals surface area contributed by atoms with Crippen molar-refractivity contribution in [2.24, 2.45) is 17.8 Å². The van der Waals surface area contributed by atoms with Crippen molar-refractivity contribution in [1.29, 1.82) is 0 Å². The lowest BCUT2D eigenvalue weighted by Crippen LogP contribution is -2.60. The molecule has 2 amide bonds. The van der Waals surface area contributed by atoms with Gasteiger partial charge < -0.3 is 24.7 Å². The average Bonchev–Trinajstić information content (AvgIpc) is 3.64. The largest absolute Gasteiger partial charge is 0.481 e. The van der Waals surface area contributed by atoms with Gasteiger partial charge in [-0.3, -0.25) is 14.4 Å². The number of benzene rings is 1. The summed E-state index contributed by atoms with van der Waals surface area (Å²) in [6, 6.07) is 5.68. The standard InChI is InChI=1S/C26H33N5O6/c1-4-12-29(14-30-17-9-7-6-8-16(17)27-28-30)24(34)22-26-11-10-19(37-26)20(25(35)36)21(26)23(33)31(22)18(13-32)15(3)5-2/h4,6-9,15,18-22,32H,1,5,10-14H2,2-3H3,(H,35,36)/t15-,18-,19+,20-,21-,22?,26?/m0/s1. The van der Waals surface area contributed by atoms with Crippen LogP contribution in [-0.4, -0.2) is 89.7 Å². The van der Waals surface area contributed by atoms with E-state index in [0.717, 1.165) is 5.52 Å². The Morgan fingerprint density at radius 3 is 2.81 bits per heavy atom. The fourth-order valence-corrected chi connectivity index (χ4v) is 6.55. The summed E-state index contributed by atoms with van der Waals surface area (Å²) in [5.41, 5.74) is 0.174. The molecular formula is C26H33N5O6. The molecule has 0 saturated carbocycles. The van der Waals surface area contributed by atoms with Crippen molar-refractivity contribution in [3.63, 3.8) is 0 Å². The van der Waals surface area contributed by atoms with Crippen LogP contribution in [0.15, 0.2) is 36.9 Å². The normalized spacial score (nSPS) is 29.9. The van der Waals surface area contributed by atoms with Crippen molar-refractivity contribution in [2.75, 3.05) is 13.2 Å². The third-order valence-corrected chi connectivity index (χ3v) is 8.49. The Kier molecular flexibility index (Phi) is 6.53. The van der Waals surface area contributed by atoms with Crippen molar-refractivity contribution in [2.45, 2.75) is 63.6 Å². The SMILES string of the molecule is C=CCN(Cn1nnc2ccccc21)C(=O)C1N([C@@H](CO)[C@@H](C)CC)C(=O)[C@@H]2[C@@H](C(=O)O)[C@H]3CCC12O3. The third kappa shape index (κ3) is 3.74. The zero-order valence-electron chi connectivity index (χ0n) is 21.1. The van der Waals surface area contributed by atoms with E-state index in [-0.39, 0.29) is 31.6 Å². The number of para-hydroxylation sites is 1. The van der Waals surface area contributed by atoms with Crippen LogP contribution in [0.5, 0.6) is 0 Å². The van der Waals surface area contributed by atoms with Crippen molar-refractivity contribution >= 4 is 28.8 Å². The number of aliphatic hydroxyl groups is 1. The minimum atomic E-state index is -1.26. The monoisotopic (exact) mass is 511 g/mol. The van der Waals surface area contributed by atoms with E-state index in [4.69, 9.17) is 4.74 Å². The van der Waals surface area contributed by atoms with E-state index in [1.54, 1.807) is 10.8 Å². The Hall–Kier alpha value is -3.31. The van der Waals surface area contributed by atoms with E-state index in [2.05, 4.69) is 16.9 Å². The average molecular weight is 512 g/mol. The zero-order chi connectivity index (χ0) is 26.5. The van der Waals surface area contributed by atoms with Crippen LogP contribution in [0.3, 0.4) is 0 Å². The molecule has 3 aliphatic heterocycles. The van der Waals surface area contributed by atoms with Crippen LogP contribution in [-0.2, 0) is 25.8 Å². The summed E-state index contributed by atoms with van der Waals surface area (Å²) in [6.45, 7) is 7.56. The molecule has 11 heteroatoms. The molecule has 7 atom stereocenters. The van der Waals surface area contributed by atoms with E-state index in [0.29, 0.717) is 24.8 Å². The molecule has 1 aromatic heterocycles. The third-order valence-electron chi connectivity index (χ3n) is 8.49. The predicted octanol–water partition coefficient (Wildman–Crippen LogP) is 1.27. The second-order valence-electron chi connectivity index (χ2n) is 10.3. The van der Waals surface area contributed by atoms with Gasteiger partial charge in [0.15, 0.2) is 0 Å². The summed E-state index contributed by atoms with van der Waals surface area (Å²) in [5, 5.41) is 28.7. The fraction of sp³-hybridized carbons (Fsp3) is 0.577. The second kappa shape index (κ2) is 9.53. The zero-order valence-corrected chi connectivity index (χ0v) is 21.1. The summed E-state index contributed by atoms with van der Waals surface area (Å²) >= 11 is 0. The molecule has 2 aromatic rings. The van der Waals surface area contributed by atoms with E-state index >= 15 is 0 Å². The molecule has 2 bridgehead atoms. The molecule has 11 nitrogen and oxygen atoms in total. The number of rotatable bonds is 10. The summed E-state index contributed by atoms with van der Waals surface area (Å²) in [5.74, 6) is -4.04. The van der Waals surface area contributed by atoms with E-state index < -0.39 is 47.5 Å². The van der Waals surface area contributed by atoms with Gasteiger partial charge >= 0.3 is 5.97 Å². The van der Waals surface area contributed by atoms with Gasteiger partial charge in [-0.2, -0.15) is 0 Å². The number of hydrogen-bond acceptors (Lipinski definition) is 7. The minimum absolute atomic E-state index is 0.0591. The van der Waals surface area contributed by atoms with Gasteiger partial charge in [0.25, 0.3) is 0 Å². The van der Waals surface area contributed by atoms with Crippen LogP contribution in [0.2, 0.25) is 0 Å². The number of likely N-dealkylation sites (tertiary alicyclic amines) is 1. The van der Waals surface area contributed by atoms with Crippen LogP contribution in [0.1, 0.15) is 33.1 Å². The maximum Gasteiger partial charge on any atom is 0.310 e. The molecular weight excluding hydrogens is 478 g/mol. The number of amides is 2. The number of hydrogen-bond donors (Lipinski definition) is 2. The maximum absolute atomic E-state index is 14.4. The first kappa shape index (κ1) is 25.3. The molecule has 198 valence electrons. The molecule has 3 saturated heterocycles. The van der Waals surface area contributed by atoms with Crippen molar-refractivity contribution in [1.82, 2.24) is 24.8 Å². The number of carboxylic acid groups (broad SMARTS) is 1. The molecule has 4 heterocycles. The Bertz CT molecular complexity index is 1230. The first-order chi connectivity index (χ1) is 17.8. The van der Waals surface area contributed by atoms with E-state index in [1.807, 2.05) is 38.1 Å². The Morgan fingerprint density at radius 1 is 1.38 bits per heavy atom. The highest BCUT2D eigenvalue weighted by Crippen LogP contribution is 2.59. The molecule has 1 aromatic carbocycles. The number of ether oxygens (including phenoxy) is 1. The number of fused-ring (bicyclic) bond motifs is 2. The predicted molar refractivity (Wildman–Crippen MR) is 132 cm³/mol. The van der Waals surface area contributed by atoms with Crippen LogP contribution in [0, 0.1) is 17.8 Å². The molecule has 5 rings (SSSR count). The fourth-order valence-electron chi connectivity index (χ4n) is 6.55. The summed E-state index contributed by atoms with van der Waals surface area (Å²) in [7, 11) is 0. The van der Waals surface area contributed by atoms with Crippen LogP contribution in [0.4, 0.5) is 0 Å². The first-order valence-corrected chi connectivity index (χ1v) is 12.8. The molecule has 3 aliphatic rings. The smallest absolute Gasteiger partial charge is 0.310 e. The molecule has 2 N–H and O–H groups in total. The van der Waals surface area contributed by atoms with Crippen LogP contribution >= 0.6 is 0 Å². The molecule has 0 radical (unpaired) electrons. The quantitative estimate of drug-likeness (QED) is 0.455. The van der Waals surface area contributed by atoms with E-state index in [9.17, 15) is 24.6 Å². The lowest BCUT2D eigenvalue weighted by atomic mass is 9.70. The number of aromatic nitrogens is 3. The van der Waals surface area contributed by atoms with Gasteiger partial charge in [0.05, 0.1) is 36.1 Å². The number of carboxylic acids is 1. The number of nitrogens with zero attached hydrogens (tertiary/aromatic N) is 5. The highest BCUT2D eigenvalue weighted by molar-refractivity contribution is 5.98. The van der Waals surface area contributed by atoms with Gasteiger partial charge in [0.2, 0.25) is 11.8 Å². The Labute approximate surface area is 214 Å². The summed E-state index contributed by atoms with van der Waals surface area (Å²) in [4.78, 5) is 43.6. The number of carbonyl (C=O) groups excluding carboxylic acids is 2. The van der Waals surface area contributed by atoms with Gasteiger partial charge in [-0.25, -0.2) is 4.68 Å². The molecule has 0 aliphatic carbocycles. The van der Waals surface area contributed by atoms with Gasteiger partial charge in [-0.15, -0.1) is 11.7 Å². The highest BCUT2D eigenvalue weighted by Gasteiger charge is 2.75. The summed E-state index contributed by atoms with van der Waals surface area (Å²) < 4.78 is 7.91. The number of aliphatic carboxylic acids is 1. The van der Waals surface area contributed by atoms with Crippen LogP contribution in [0.25, 0.3) is 11.0 Å². The van der Waals surface area contributed by atoms with Gasteiger partial charge in [0, 0.05) is 6.54 Å². The number of carbonyl (C=O) groups is 3. The van der Waals surface area contributed by atoms with Gasteiger partial charge in [0.1, 0.15) is 23.8 Å². The van der Waals surface area contributed by atoms with Gasteiger partial charge in [-0.1, -0.05) is 43.7 Å². The minimum Gasteiger partial charge on any atom is -0.481 e. The molecule has 3 fully saturated rings. The Balaban J connectivity index is 1.57. The summed E-state index contributed by atoms with van der Waals surface area (Å²) in [6.07, 6.45) is 2.50. The second-order valence-corrected chi connectivity index (χ2v) is 10.3. The van der Waals surface area contributed by atoms with E-state index in [1.165, 1.54) is 9.80 Å². The lowest BCUT2D eigenvalue weighted by molar-refractivity contribution is -0.155. The molecule has 2 unspecified atom stereocenters. The van der Waals surface area contributed by atoms with Crippen molar-refractivity contribution in [3.8, 4) is 0 Å². The van der Waals surface area contributed by atoms with Crippen molar-refractivity contribution in [3.05, 3.63) is 36.9 Å². The molecule has 1 spiro atoms. The Morgan fingerprint density at radius 2 is 2.14 bits per heavy atom. The number of aliphatic hydroxyl groups excluding tert-OH is 1. The lowest BCUT2D eigenvalue weighted by Gasteiger charge is -2.40. The highest BCUT2D eigenvalue weighted by atomic mass is 16.5.